The molecule has 2 fully saturated rings. The van der Waals surface area contributed by atoms with Crippen LogP contribution in [0.2, 0.25) is 0 Å². The molecule has 1 aromatic heterocycles. The second kappa shape index (κ2) is 44.1. The third-order valence-electron chi connectivity index (χ3n) is 19.0. The molecule has 2 saturated heterocycles. The first-order valence-electron chi connectivity index (χ1n) is 37.6. The number of rotatable bonds is 29. The monoisotopic (exact) mass is 1640 g/mol. The van der Waals surface area contributed by atoms with Crippen molar-refractivity contribution in [2.45, 2.75) is 209 Å². The van der Waals surface area contributed by atoms with Gasteiger partial charge in [0.2, 0.25) is 65.0 Å². The molecule has 3 heterocycles. The second-order valence-electron chi connectivity index (χ2n) is 29.7. The van der Waals surface area contributed by atoms with Gasteiger partial charge in [-0.25, -0.2) is 4.79 Å². The van der Waals surface area contributed by atoms with Gasteiger partial charge in [-0.3, -0.25) is 74.4 Å². The summed E-state index contributed by atoms with van der Waals surface area (Å²) in [7, 11) is 1.84. The first-order chi connectivity index (χ1) is 53.8. The van der Waals surface area contributed by atoms with Gasteiger partial charge in [-0.15, -0.1) is 11.3 Å². The number of carbonyl (C=O) groups excluding carboxylic acids is 11. The number of amides is 11. The molecule has 6 rings (SSSR count). The molecule has 0 saturated carbocycles. The lowest BCUT2D eigenvalue weighted by Gasteiger charge is -2.40. The van der Waals surface area contributed by atoms with Gasteiger partial charge in [0.25, 0.3) is 0 Å². The normalized spacial score (nSPS) is 21.5. The Kier molecular flexibility index (Phi) is 35.6. The van der Waals surface area contributed by atoms with Gasteiger partial charge in [0, 0.05) is 67.7 Å². The summed E-state index contributed by atoms with van der Waals surface area (Å²) in [5.74, 6) is -13.4. The fourth-order valence-corrected chi connectivity index (χ4v) is 16.8. The van der Waals surface area contributed by atoms with Crippen molar-refractivity contribution in [1.29, 1.82) is 21.6 Å². The largest absolute Gasteiger partial charge is 0.480 e. The average molecular weight is 1640 g/mol. The van der Waals surface area contributed by atoms with E-state index in [0.29, 0.717) is 24.0 Å². The lowest BCUT2D eigenvalue weighted by Crippen LogP contribution is -2.65. The Morgan fingerprint density at radius 3 is 1.68 bits per heavy atom. The molecule has 3 aromatic carbocycles. The lowest BCUT2D eigenvalue weighted by atomic mass is 9.86. The van der Waals surface area contributed by atoms with Crippen LogP contribution in [-0.4, -0.2) is 226 Å². The predicted octanol–water partition coefficient (Wildman–Crippen LogP) is -1.17. The van der Waals surface area contributed by atoms with Crippen LogP contribution in [0.5, 0.6) is 0 Å². The maximum atomic E-state index is 16.0. The van der Waals surface area contributed by atoms with Gasteiger partial charge in [-0.1, -0.05) is 103 Å². The lowest BCUT2D eigenvalue weighted by molar-refractivity contribution is -0.146. The number of thiophene rings is 1. The zero-order valence-electron chi connectivity index (χ0n) is 65.1. The standard InChI is InChI=1S/C74H111N23O14S3/c1-39(98)55(65(107)91-49(24-17-32-86-72(81)82)61(103)96-57(68(110)111)73(3,4)5)94-66(108)56-74(6,7)114-113-38-52(87-40(2)99)63(105)90-47(22-15-30-84-70(77)78)59(101)88-46(21-14-29-83-69(75)76)58(100)89-48(23-16-31-85-71(79)80)60(102)92-50(35-41-27-28-42-18-8-9-19-43(42)34-41)62(104)93-51(36-44-37-112-54-26-11-10-20-45(44)54)67(109)97-33-13-12-25-53(97)64(106)95-56/h8-11,18-20,26-28,34,37,39,46-53,55-57,98H,12-17,21-25,29-33,35-36,38H2,1-7H3,(H,87,99)(H,88,101)(H,89,100)(H,90,105)(H,91,107)(H,92,102)(H,93,104)(H,94,108)(H,95,106)(H,96,103)(H,110,111)(H4,75,76,83)(H4,77,78,84)(H4,79,80,85)(H4,81,82,86)/t39?,46-,47+,48-,49-,50-,51-,52-,53-,55-,56+,57+/m0/s1. The summed E-state index contributed by atoms with van der Waals surface area (Å²) in [5.41, 5.74) is 22.5. The van der Waals surface area contributed by atoms with Crippen LogP contribution in [0, 0.1) is 27.1 Å². The van der Waals surface area contributed by atoms with E-state index in [4.69, 9.17) is 44.6 Å². The Hall–Kier alpha value is -10.7. The highest BCUT2D eigenvalue weighted by Crippen LogP contribution is 2.39. The summed E-state index contributed by atoms with van der Waals surface area (Å²) < 4.78 is -0.742. The Bertz CT molecular complexity index is 4120. The molecule has 4 aromatic rings. The van der Waals surface area contributed by atoms with Gasteiger partial charge >= 0.3 is 5.97 Å². The predicted molar refractivity (Wildman–Crippen MR) is 437 cm³/mol. The maximum Gasteiger partial charge on any atom is 0.326 e. The van der Waals surface area contributed by atoms with Gasteiger partial charge in [-0.05, 0) is 136 Å². The van der Waals surface area contributed by atoms with Crippen molar-refractivity contribution in [3.8, 4) is 0 Å². The highest BCUT2D eigenvalue weighted by atomic mass is 33.1. The van der Waals surface area contributed by atoms with Gasteiger partial charge in [0.1, 0.15) is 66.5 Å². The molecule has 2 aliphatic heterocycles. The number of nitrogens with one attached hydrogen (secondary N) is 18. The number of piperidine rings is 1. The molecule has 114 heavy (non-hydrogen) atoms. The van der Waals surface area contributed by atoms with Crippen LogP contribution in [0.1, 0.15) is 130 Å². The van der Waals surface area contributed by atoms with Crippen molar-refractivity contribution in [2.24, 2.45) is 28.3 Å². The van der Waals surface area contributed by atoms with Crippen molar-refractivity contribution in [3.63, 3.8) is 0 Å². The number of nitrogens with zero attached hydrogens (tertiary/aromatic N) is 1. The number of aliphatic hydroxyl groups excluding tert-OH is 1. The van der Waals surface area contributed by atoms with E-state index >= 15 is 28.8 Å². The van der Waals surface area contributed by atoms with Crippen LogP contribution >= 0.6 is 32.9 Å². The fourth-order valence-electron chi connectivity index (χ4n) is 13.0. The van der Waals surface area contributed by atoms with Crippen molar-refractivity contribution in [2.75, 3.05) is 38.5 Å². The summed E-state index contributed by atoms with van der Waals surface area (Å²) in [5, 5.41) is 94.4. The minimum absolute atomic E-state index is 0.00391. The molecule has 1 unspecified atom stereocenters. The molecule has 28 N–H and O–H groups in total. The highest BCUT2D eigenvalue weighted by molar-refractivity contribution is 8.77. The van der Waals surface area contributed by atoms with E-state index in [2.05, 4.69) is 74.4 Å². The summed E-state index contributed by atoms with van der Waals surface area (Å²) in [6.07, 6.45) is -1.81. The number of benzene rings is 3. The molecule has 0 spiro atoms. The van der Waals surface area contributed by atoms with Gasteiger partial charge in [-0.2, -0.15) is 0 Å². The molecule has 0 aliphatic carbocycles. The highest BCUT2D eigenvalue weighted by Gasteiger charge is 2.45. The van der Waals surface area contributed by atoms with Gasteiger partial charge in [0.05, 0.1) is 6.10 Å². The van der Waals surface area contributed by atoms with Crippen molar-refractivity contribution in [1.82, 2.24) is 79.3 Å². The number of aliphatic hydroxyl groups is 1. The molecule has 0 bridgehead atoms. The molecular formula is C74H111N23O14S3. The van der Waals surface area contributed by atoms with Crippen LogP contribution < -0.4 is 97.4 Å². The van der Waals surface area contributed by atoms with E-state index < -0.39 is 178 Å². The van der Waals surface area contributed by atoms with E-state index in [1.807, 2.05) is 66.0 Å². The summed E-state index contributed by atoms with van der Waals surface area (Å²) in [6, 6.07) is 3.10. The maximum absolute atomic E-state index is 16.0. The zero-order chi connectivity index (χ0) is 84.1. The number of hydrogen-bond acceptors (Lipinski definition) is 20. The second-order valence-corrected chi connectivity index (χ2v) is 33.6. The van der Waals surface area contributed by atoms with Crippen LogP contribution in [0.15, 0.2) is 72.1 Å². The molecule has 37 nitrogen and oxygen atoms in total. The van der Waals surface area contributed by atoms with Crippen LogP contribution in [-0.2, 0) is 70.4 Å². The Labute approximate surface area is 673 Å². The first kappa shape index (κ1) is 92.1. The van der Waals surface area contributed by atoms with E-state index in [1.54, 1.807) is 26.8 Å². The number of nitrogens with two attached hydrogens (primary N) is 4. The molecule has 12 atom stereocenters. The fraction of sp³-hybridized carbons (Fsp3) is 0.541. The third kappa shape index (κ3) is 29.0. The SMILES string of the molecule is CC(=O)N[C@H]1CSSC(C)(C)[C@@H](C(=O)N[C@H](C(=O)N[C@@H](CCCNC(=N)N)C(=O)N[C@H](C(=O)O)C(C)(C)C)C(C)O)NC(=O)[C@@H]2CCCCN2C(=O)[C@H](Cc2csc3ccccc23)NC(=O)[C@H](Cc2ccc3ccccc3c2)NC(=O)[C@H](CCCNC(=N)N)NC(=O)[C@H](CCCNC(=N)N)NC(=O)[C@@H](CCCNC(=N)N)NC1=O. The number of carboxylic acid groups (broad SMARTS) is 1. The minimum Gasteiger partial charge on any atom is -0.480 e. The number of fused-ring (bicyclic) bond motifs is 3. The molecule has 40 heteroatoms. The van der Waals surface area contributed by atoms with E-state index in [1.165, 1.54) is 37.0 Å². The number of carboxylic acids is 1. The topological polar surface area (TPSA) is 616 Å². The summed E-state index contributed by atoms with van der Waals surface area (Å²) in [4.78, 5) is 179. The number of guanidine groups is 4. The number of hydrogen-bond donors (Lipinski definition) is 24. The van der Waals surface area contributed by atoms with Gasteiger partial charge in [0.15, 0.2) is 23.8 Å². The van der Waals surface area contributed by atoms with Crippen LogP contribution in [0.25, 0.3) is 20.9 Å². The van der Waals surface area contributed by atoms with Crippen LogP contribution in [0.4, 0.5) is 0 Å². The van der Waals surface area contributed by atoms with Gasteiger partial charge < -0.3 is 112 Å². The number of carbonyl (C=O) groups is 12. The van der Waals surface area contributed by atoms with Crippen molar-refractivity contribution < 1.29 is 67.7 Å². The smallest absolute Gasteiger partial charge is 0.326 e. The molecule has 11 amide bonds. The Morgan fingerprint density at radius 2 is 1.14 bits per heavy atom. The first-order valence-corrected chi connectivity index (χ1v) is 40.8. The third-order valence-corrected chi connectivity index (χ3v) is 23.3. The average Bonchev–Trinajstić information content (AvgIpc) is 1.06. The van der Waals surface area contributed by atoms with Crippen LogP contribution in [0.3, 0.4) is 0 Å². The molecule has 2 aliphatic rings. The molecule has 0 radical (unpaired) electrons. The number of aliphatic carboxylic acids is 1. The zero-order valence-corrected chi connectivity index (χ0v) is 67.5. The minimum atomic E-state index is -1.92. The Balaban J connectivity index is 1.53. The van der Waals surface area contributed by atoms with Crippen molar-refractivity contribution >= 4 is 149 Å². The molecule has 624 valence electrons. The van der Waals surface area contributed by atoms with E-state index in [-0.39, 0.29) is 109 Å². The van der Waals surface area contributed by atoms with E-state index in [9.17, 15) is 39.0 Å². The summed E-state index contributed by atoms with van der Waals surface area (Å²) >= 11 is 1.38. The van der Waals surface area contributed by atoms with E-state index in [0.717, 1.165) is 49.4 Å². The Morgan fingerprint density at radius 1 is 0.623 bits per heavy atom. The summed E-state index contributed by atoms with van der Waals surface area (Å²) in [6.45, 7) is 10.1. The quantitative estimate of drug-likeness (QED) is 0.0132. The molecular weight excluding hydrogens is 1530 g/mol. The van der Waals surface area contributed by atoms with Crippen molar-refractivity contribution in [3.05, 3.63) is 83.2 Å².